The van der Waals surface area contributed by atoms with E-state index in [0.717, 1.165) is 14.2 Å². The first-order chi connectivity index (χ1) is 10.8. The SMILES string of the molecule is COC(=O)NC(=Nc1ccc(NC(C)=O)c(O)c1)NC(=O)OC. The van der Waals surface area contributed by atoms with Crippen molar-refractivity contribution in [3.8, 4) is 5.75 Å². The Morgan fingerprint density at radius 3 is 2.09 bits per heavy atom. The van der Waals surface area contributed by atoms with Gasteiger partial charge < -0.3 is 19.9 Å². The number of alkyl carbamates (subject to hydrolysis) is 2. The van der Waals surface area contributed by atoms with Crippen molar-refractivity contribution in [2.45, 2.75) is 6.92 Å². The summed E-state index contributed by atoms with van der Waals surface area (Å²) in [5, 5.41) is 16.6. The number of carbonyl (C=O) groups is 3. The van der Waals surface area contributed by atoms with Crippen LogP contribution in [0, 0.1) is 0 Å². The summed E-state index contributed by atoms with van der Waals surface area (Å²) in [6.45, 7) is 1.30. The molecular formula is C13H16N4O6. The third kappa shape index (κ3) is 5.91. The lowest BCUT2D eigenvalue weighted by Gasteiger charge is -2.09. The molecule has 0 aliphatic carbocycles. The van der Waals surface area contributed by atoms with Crippen molar-refractivity contribution in [3.05, 3.63) is 18.2 Å². The molecule has 1 aromatic rings. The molecule has 124 valence electrons. The molecule has 0 atom stereocenters. The zero-order chi connectivity index (χ0) is 17.4. The molecule has 0 spiro atoms. The van der Waals surface area contributed by atoms with E-state index in [0.29, 0.717) is 0 Å². The molecule has 0 radical (unpaired) electrons. The molecule has 10 heteroatoms. The maximum Gasteiger partial charge on any atom is 0.413 e. The Morgan fingerprint density at radius 1 is 1.09 bits per heavy atom. The van der Waals surface area contributed by atoms with Gasteiger partial charge in [0.05, 0.1) is 25.6 Å². The van der Waals surface area contributed by atoms with Crippen molar-refractivity contribution in [2.24, 2.45) is 4.99 Å². The van der Waals surface area contributed by atoms with Gasteiger partial charge in [-0.15, -0.1) is 0 Å². The number of amides is 3. The van der Waals surface area contributed by atoms with Gasteiger partial charge in [0.15, 0.2) is 0 Å². The Morgan fingerprint density at radius 2 is 1.65 bits per heavy atom. The first-order valence-electron chi connectivity index (χ1n) is 6.25. The summed E-state index contributed by atoms with van der Waals surface area (Å²) in [5.74, 6) is -0.857. The van der Waals surface area contributed by atoms with Crippen LogP contribution in [-0.4, -0.2) is 43.4 Å². The Balaban J connectivity index is 3.04. The molecular weight excluding hydrogens is 308 g/mol. The summed E-state index contributed by atoms with van der Waals surface area (Å²) in [4.78, 5) is 37.3. The topological polar surface area (TPSA) is 138 Å². The molecule has 3 amide bonds. The van der Waals surface area contributed by atoms with Crippen LogP contribution in [-0.2, 0) is 14.3 Å². The predicted molar refractivity (Wildman–Crippen MR) is 80.6 cm³/mol. The summed E-state index contributed by atoms with van der Waals surface area (Å²) in [6.07, 6.45) is -1.72. The highest BCUT2D eigenvalue weighted by atomic mass is 16.5. The van der Waals surface area contributed by atoms with E-state index in [-0.39, 0.29) is 29.0 Å². The number of phenolic OH excluding ortho intramolecular Hbond substituents is 1. The molecule has 0 aliphatic heterocycles. The second kappa shape index (κ2) is 8.22. The van der Waals surface area contributed by atoms with E-state index in [1.807, 2.05) is 0 Å². The van der Waals surface area contributed by atoms with Crippen LogP contribution in [0.2, 0.25) is 0 Å². The number of benzene rings is 1. The fourth-order valence-corrected chi connectivity index (χ4v) is 1.40. The van der Waals surface area contributed by atoms with Gasteiger partial charge in [-0.25, -0.2) is 14.6 Å². The van der Waals surface area contributed by atoms with E-state index in [2.05, 4.69) is 30.4 Å². The lowest BCUT2D eigenvalue weighted by atomic mass is 10.2. The van der Waals surface area contributed by atoms with Crippen molar-refractivity contribution >= 4 is 35.4 Å². The maximum atomic E-state index is 11.2. The van der Waals surface area contributed by atoms with Crippen molar-refractivity contribution in [3.63, 3.8) is 0 Å². The average molecular weight is 324 g/mol. The Hall–Kier alpha value is -3.30. The molecule has 0 saturated carbocycles. The van der Waals surface area contributed by atoms with Crippen LogP contribution >= 0.6 is 0 Å². The third-order valence-electron chi connectivity index (χ3n) is 2.34. The zero-order valence-electron chi connectivity index (χ0n) is 12.7. The quantitative estimate of drug-likeness (QED) is 0.364. The number of nitrogens with zero attached hydrogens (tertiary/aromatic N) is 1. The van der Waals surface area contributed by atoms with Crippen LogP contribution in [0.4, 0.5) is 21.0 Å². The van der Waals surface area contributed by atoms with E-state index < -0.39 is 12.2 Å². The van der Waals surface area contributed by atoms with Crippen LogP contribution in [0.25, 0.3) is 0 Å². The number of anilines is 1. The highest BCUT2D eigenvalue weighted by Crippen LogP contribution is 2.28. The molecule has 1 rings (SSSR count). The van der Waals surface area contributed by atoms with E-state index in [4.69, 9.17) is 0 Å². The van der Waals surface area contributed by atoms with Crippen LogP contribution in [0.3, 0.4) is 0 Å². The molecule has 0 aliphatic rings. The van der Waals surface area contributed by atoms with Gasteiger partial charge in [-0.05, 0) is 12.1 Å². The van der Waals surface area contributed by atoms with Crippen LogP contribution in [0.5, 0.6) is 5.75 Å². The number of hydrogen-bond donors (Lipinski definition) is 4. The van der Waals surface area contributed by atoms with Gasteiger partial charge in [-0.1, -0.05) is 0 Å². The lowest BCUT2D eigenvalue weighted by molar-refractivity contribution is -0.114. The highest BCUT2D eigenvalue weighted by molar-refractivity contribution is 6.02. The van der Waals surface area contributed by atoms with Crippen molar-refractivity contribution in [1.29, 1.82) is 0 Å². The van der Waals surface area contributed by atoms with Gasteiger partial charge in [0.25, 0.3) is 0 Å². The number of rotatable bonds is 2. The van der Waals surface area contributed by atoms with E-state index in [1.54, 1.807) is 0 Å². The van der Waals surface area contributed by atoms with E-state index >= 15 is 0 Å². The molecule has 4 N–H and O–H groups in total. The van der Waals surface area contributed by atoms with Gasteiger partial charge in [0.2, 0.25) is 11.9 Å². The molecule has 0 bridgehead atoms. The smallest absolute Gasteiger partial charge is 0.413 e. The predicted octanol–water partition coefficient (Wildman–Crippen LogP) is 1.05. The Kier molecular flexibility index (Phi) is 6.34. The van der Waals surface area contributed by atoms with Crippen molar-refractivity contribution < 1.29 is 29.0 Å². The second-order valence-corrected chi connectivity index (χ2v) is 4.08. The summed E-state index contributed by atoms with van der Waals surface area (Å²) in [5.41, 5.74) is 0.388. The van der Waals surface area contributed by atoms with Crippen molar-refractivity contribution in [2.75, 3.05) is 19.5 Å². The monoisotopic (exact) mass is 324 g/mol. The number of hydrogen-bond acceptors (Lipinski definition) is 7. The Bertz CT molecular complexity index is 623. The van der Waals surface area contributed by atoms with Gasteiger partial charge in [0, 0.05) is 13.0 Å². The van der Waals surface area contributed by atoms with Gasteiger partial charge >= 0.3 is 12.2 Å². The molecule has 0 aromatic heterocycles. The first-order valence-corrected chi connectivity index (χ1v) is 6.25. The lowest BCUT2D eigenvalue weighted by Crippen LogP contribution is -2.43. The second-order valence-electron chi connectivity index (χ2n) is 4.08. The summed E-state index contributed by atoms with van der Waals surface area (Å²) >= 11 is 0. The number of methoxy groups -OCH3 is 2. The molecule has 23 heavy (non-hydrogen) atoms. The largest absolute Gasteiger partial charge is 0.506 e. The minimum atomic E-state index is -0.862. The number of aliphatic imine (C=N–C) groups is 1. The third-order valence-corrected chi connectivity index (χ3v) is 2.34. The van der Waals surface area contributed by atoms with Gasteiger partial charge in [-0.3, -0.25) is 15.4 Å². The summed E-state index contributed by atoms with van der Waals surface area (Å²) in [7, 11) is 2.28. The molecule has 1 aromatic carbocycles. The molecule has 0 heterocycles. The van der Waals surface area contributed by atoms with E-state index in [1.165, 1.54) is 25.1 Å². The van der Waals surface area contributed by atoms with Crippen LogP contribution < -0.4 is 16.0 Å². The fourth-order valence-electron chi connectivity index (χ4n) is 1.40. The molecule has 10 nitrogen and oxygen atoms in total. The minimum Gasteiger partial charge on any atom is -0.506 e. The van der Waals surface area contributed by atoms with Crippen molar-refractivity contribution in [1.82, 2.24) is 10.6 Å². The summed E-state index contributed by atoms with van der Waals surface area (Å²) < 4.78 is 8.80. The number of ether oxygens (including phenoxy) is 2. The number of aromatic hydroxyl groups is 1. The number of guanidine groups is 1. The fraction of sp³-hybridized carbons (Fsp3) is 0.231. The van der Waals surface area contributed by atoms with Crippen LogP contribution in [0.15, 0.2) is 23.2 Å². The zero-order valence-corrected chi connectivity index (χ0v) is 12.7. The number of nitrogens with one attached hydrogen (secondary N) is 3. The normalized spacial score (nSPS) is 9.35. The molecule has 0 fully saturated rings. The highest BCUT2D eigenvalue weighted by Gasteiger charge is 2.11. The average Bonchev–Trinajstić information content (AvgIpc) is 2.49. The van der Waals surface area contributed by atoms with Gasteiger partial charge in [-0.2, -0.15) is 0 Å². The number of carbonyl (C=O) groups excluding carboxylic acids is 3. The van der Waals surface area contributed by atoms with Gasteiger partial charge in [0.1, 0.15) is 5.75 Å². The van der Waals surface area contributed by atoms with Crippen LogP contribution in [0.1, 0.15) is 6.92 Å². The number of phenols is 1. The maximum absolute atomic E-state index is 11.2. The summed E-state index contributed by atoms with van der Waals surface area (Å²) in [6, 6.07) is 4.08. The van der Waals surface area contributed by atoms with E-state index in [9.17, 15) is 19.5 Å². The standard InChI is InChI=1S/C13H16N4O6/c1-7(18)14-9-5-4-8(6-10(9)19)15-11(16-12(20)22-2)17-13(21)23-3/h4-6,19H,1-3H3,(H,14,18)(H2,15,16,17,20,21). The molecule has 0 saturated heterocycles. The minimum absolute atomic E-state index is 0.194. The molecule has 0 unspecified atom stereocenters. The Labute approximate surface area is 131 Å². The first kappa shape index (κ1) is 17.8.